The molecule has 2 unspecified atom stereocenters. The number of fused-ring (bicyclic) bond motifs is 3. The van der Waals surface area contributed by atoms with Gasteiger partial charge in [-0.05, 0) is 37.0 Å². The molecule has 0 aromatic heterocycles. The lowest BCUT2D eigenvalue weighted by Crippen LogP contribution is -2.42. The summed E-state index contributed by atoms with van der Waals surface area (Å²) >= 11 is 7.86. The van der Waals surface area contributed by atoms with Gasteiger partial charge in [0.25, 0.3) is 0 Å². The van der Waals surface area contributed by atoms with Crippen LogP contribution in [0.4, 0.5) is 0 Å². The van der Waals surface area contributed by atoms with Gasteiger partial charge in [-0.25, -0.2) is 0 Å². The van der Waals surface area contributed by atoms with E-state index >= 15 is 0 Å². The van der Waals surface area contributed by atoms with E-state index in [9.17, 15) is 0 Å². The van der Waals surface area contributed by atoms with E-state index in [4.69, 9.17) is 9.47 Å². The van der Waals surface area contributed by atoms with Crippen LogP contribution in [0.5, 0.6) is 0 Å². The van der Waals surface area contributed by atoms with Crippen LogP contribution in [0.25, 0.3) is 0 Å². The Hall–Kier alpha value is 0.880. The maximum absolute atomic E-state index is 6.09. The SMILES string of the molecule is BrC1C[C@H]2[C@H](CC(Br)C23OCCO3)C12CCCC2. The van der Waals surface area contributed by atoms with E-state index < -0.39 is 0 Å². The van der Waals surface area contributed by atoms with Gasteiger partial charge in [0.2, 0.25) is 0 Å². The molecule has 4 fully saturated rings. The predicted molar refractivity (Wildman–Crippen MR) is 77.2 cm³/mol. The van der Waals surface area contributed by atoms with Gasteiger partial charge in [0.05, 0.1) is 18.0 Å². The number of alkyl halides is 2. The second kappa shape index (κ2) is 4.19. The number of hydrogen-bond acceptors (Lipinski definition) is 2. The van der Waals surface area contributed by atoms with Gasteiger partial charge < -0.3 is 9.47 Å². The van der Waals surface area contributed by atoms with E-state index in [1.54, 1.807) is 0 Å². The molecule has 102 valence electrons. The fraction of sp³-hybridized carbons (Fsp3) is 1.00. The lowest BCUT2D eigenvalue weighted by molar-refractivity contribution is -0.179. The zero-order valence-corrected chi connectivity index (χ0v) is 13.7. The molecule has 0 aromatic carbocycles. The molecule has 0 amide bonds. The zero-order valence-electron chi connectivity index (χ0n) is 10.5. The van der Waals surface area contributed by atoms with Crippen LogP contribution in [-0.4, -0.2) is 28.7 Å². The minimum atomic E-state index is -0.303. The van der Waals surface area contributed by atoms with Crippen molar-refractivity contribution >= 4 is 31.9 Å². The highest BCUT2D eigenvalue weighted by Crippen LogP contribution is 2.68. The maximum Gasteiger partial charge on any atom is 0.184 e. The van der Waals surface area contributed by atoms with Gasteiger partial charge in [0.1, 0.15) is 0 Å². The van der Waals surface area contributed by atoms with Gasteiger partial charge in [-0.15, -0.1) is 0 Å². The van der Waals surface area contributed by atoms with Crippen LogP contribution in [0, 0.1) is 17.3 Å². The molecule has 3 aliphatic carbocycles. The third-order valence-electron chi connectivity index (χ3n) is 6.00. The first kappa shape index (κ1) is 12.6. The Morgan fingerprint density at radius 2 is 1.44 bits per heavy atom. The molecule has 0 N–H and O–H groups in total. The summed E-state index contributed by atoms with van der Waals surface area (Å²) in [5, 5.41) is 0. The summed E-state index contributed by atoms with van der Waals surface area (Å²) in [6.45, 7) is 1.54. The minimum absolute atomic E-state index is 0.303. The molecule has 2 spiro atoms. The maximum atomic E-state index is 6.09. The van der Waals surface area contributed by atoms with Crippen molar-refractivity contribution in [3.8, 4) is 0 Å². The number of halogens is 2. The molecule has 4 rings (SSSR count). The van der Waals surface area contributed by atoms with E-state index in [1.807, 2.05) is 0 Å². The van der Waals surface area contributed by atoms with Crippen molar-refractivity contribution in [1.82, 2.24) is 0 Å². The van der Waals surface area contributed by atoms with E-state index in [-0.39, 0.29) is 5.79 Å². The summed E-state index contributed by atoms with van der Waals surface area (Å²) in [6.07, 6.45) is 8.08. The highest BCUT2D eigenvalue weighted by molar-refractivity contribution is 9.09. The summed E-state index contributed by atoms with van der Waals surface area (Å²) < 4.78 is 12.2. The van der Waals surface area contributed by atoms with Crippen molar-refractivity contribution < 1.29 is 9.47 Å². The third-order valence-corrected chi connectivity index (χ3v) is 8.29. The molecule has 0 bridgehead atoms. The lowest BCUT2D eigenvalue weighted by atomic mass is 9.74. The van der Waals surface area contributed by atoms with Crippen LogP contribution in [-0.2, 0) is 9.47 Å². The molecule has 1 saturated heterocycles. The molecule has 0 radical (unpaired) electrons. The second-order valence-electron chi connectivity index (χ2n) is 6.48. The summed E-state index contributed by atoms with van der Waals surface area (Å²) in [5.74, 6) is 1.07. The van der Waals surface area contributed by atoms with Gasteiger partial charge in [-0.1, -0.05) is 44.7 Å². The number of rotatable bonds is 0. The Labute approximate surface area is 125 Å². The molecular weight excluding hydrogens is 360 g/mol. The monoisotopic (exact) mass is 378 g/mol. The minimum Gasteiger partial charge on any atom is -0.346 e. The van der Waals surface area contributed by atoms with Crippen molar-refractivity contribution in [1.29, 1.82) is 0 Å². The Morgan fingerprint density at radius 3 is 2.11 bits per heavy atom. The molecule has 3 saturated carbocycles. The molecular formula is C14H20Br2O2. The average Bonchev–Trinajstić information content (AvgIpc) is 3.07. The van der Waals surface area contributed by atoms with Crippen LogP contribution in [0.2, 0.25) is 0 Å². The van der Waals surface area contributed by atoms with E-state index in [0.29, 0.717) is 21.0 Å². The van der Waals surface area contributed by atoms with Gasteiger partial charge in [-0.2, -0.15) is 0 Å². The molecule has 0 aromatic rings. The summed E-state index contributed by atoms with van der Waals surface area (Å²) in [6, 6.07) is 0. The normalized spacial score (nSPS) is 48.3. The molecule has 18 heavy (non-hydrogen) atoms. The van der Waals surface area contributed by atoms with Crippen LogP contribution in [0.15, 0.2) is 0 Å². The number of hydrogen-bond donors (Lipinski definition) is 0. The standard InChI is InChI=1S/C14H20Br2O2/c15-11-8-10-9(13(11)3-1-2-4-13)7-12(16)14(10)17-5-6-18-14/h9-12H,1-8H2/t9-,10-,11?,12?/m0/s1. The first-order valence-electron chi connectivity index (χ1n) is 7.25. The van der Waals surface area contributed by atoms with E-state index in [1.165, 1.54) is 38.5 Å². The topological polar surface area (TPSA) is 18.5 Å². The summed E-state index contributed by atoms with van der Waals surface area (Å²) in [4.78, 5) is 1.06. The van der Waals surface area contributed by atoms with Crippen LogP contribution < -0.4 is 0 Å². The van der Waals surface area contributed by atoms with Gasteiger partial charge in [0.15, 0.2) is 5.79 Å². The zero-order chi connectivity index (χ0) is 12.4. The Bertz CT molecular complexity index is 314. The molecule has 2 nitrogen and oxygen atoms in total. The predicted octanol–water partition coefficient (Wildman–Crippen LogP) is 3.86. The van der Waals surface area contributed by atoms with Crippen LogP contribution in [0.3, 0.4) is 0 Å². The van der Waals surface area contributed by atoms with Crippen molar-refractivity contribution in [3.63, 3.8) is 0 Å². The van der Waals surface area contributed by atoms with E-state index in [2.05, 4.69) is 31.9 Å². The quantitative estimate of drug-likeness (QED) is 0.595. The van der Waals surface area contributed by atoms with Crippen molar-refractivity contribution in [2.24, 2.45) is 17.3 Å². The molecule has 4 aliphatic rings. The number of ether oxygens (including phenoxy) is 2. The van der Waals surface area contributed by atoms with Crippen LogP contribution >= 0.6 is 31.9 Å². The highest BCUT2D eigenvalue weighted by Gasteiger charge is 2.68. The van der Waals surface area contributed by atoms with Crippen LogP contribution in [0.1, 0.15) is 38.5 Å². The van der Waals surface area contributed by atoms with Gasteiger partial charge in [-0.3, -0.25) is 0 Å². The molecule has 1 aliphatic heterocycles. The Kier molecular flexibility index (Phi) is 2.93. The Morgan fingerprint density at radius 1 is 0.833 bits per heavy atom. The lowest BCUT2D eigenvalue weighted by Gasteiger charge is -2.34. The first-order valence-corrected chi connectivity index (χ1v) is 9.08. The largest absolute Gasteiger partial charge is 0.346 e. The van der Waals surface area contributed by atoms with Crippen molar-refractivity contribution in [3.05, 3.63) is 0 Å². The molecule has 4 heteroatoms. The van der Waals surface area contributed by atoms with E-state index in [0.717, 1.165) is 19.1 Å². The second-order valence-corrected chi connectivity index (χ2v) is 8.69. The highest BCUT2D eigenvalue weighted by atomic mass is 79.9. The molecule has 1 heterocycles. The smallest absolute Gasteiger partial charge is 0.184 e. The first-order chi connectivity index (χ1) is 8.69. The van der Waals surface area contributed by atoms with Gasteiger partial charge >= 0.3 is 0 Å². The van der Waals surface area contributed by atoms with Gasteiger partial charge in [0, 0.05) is 10.7 Å². The fourth-order valence-corrected chi connectivity index (χ4v) is 7.48. The fourth-order valence-electron chi connectivity index (χ4n) is 5.27. The van der Waals surface area contributed by atoms with Crippen molar-refractivity contribution in [2.75, 3.05) is 13.2 Å². The third kappa shape index (κ3) is 1.41. The summed E-state index contributed by atoms with van der Waals surface area (Å²) in [7, 11) is 0. The van der Waals surface area contributed by atoms with Crippen molar-refractivity contribution in [2.45, 2.75) is 54.0 Å². The summed E-state index contributed by atoms with van der Waals surface area (Å²) in [5.41, 5.74) is 0.537. The Balaban J connectivity index is 1.71. The molecule has 4 atom stereocenters. The average molecular weight is 380 g/mol.